The molecule has 0 aliphatic carbocycles. The molecule has 1 rings (SSSR count). The first-order valence-corrected chi connectivity index (χ1v) is 4.17. The van der Waals surface area contributed by atoms with Crippen LogP contribution in [-0.4, -0.2) is 11.7 Å². The van der Waals surface area contributed by atoms with Gasteiger partial charge in [-0.2, -0.15) is 10.5 Å². The molecular weight excluding hydrogens is 164 g/mol. The molecule has 68 valence electrons. The molecule has 0 aromatic carbocycles. The summed E-state index contributed by atoms with van der Waals surface area (Å²) in [6.07, 6.45) is 1.49. The normalized spacial score (nSPS) is 25.1. The quantitative estimate of drug-likeness (QED) is 0.572. The maximum absolute atomic E-state index is 8.66. The molecule has 1 aliphatic rings. The van der Waals surface area contributed by atoms with Crippen LogP contribution in [0, 0.1) is 28.6 Å². The van der Waals surface area contributed by atoms with Crippen LogP contribution in [-0.2, 0) is 4.74 Å². The van der Waals surface area contributed by atoms with Gasteiger partial charge in [-0.1, -0.05) is 6.08 Å². The van der Waals surface area contributed by atoms with Gasteiger partial charge in [0.05, 0.1) is 17.7 Å². The minimum Gasteiger partial charge on any atom is -0.361 e. The Morgan fingerprint density at radius 3 is 2.31 bits per heavy atom. The second-order valence-electron chi connectivity index (χ2n) is 3.68. The van der Waals surface area contributed by atoms with Crippen molar-refractivity contribution >= 4 is 0 Å². The summed E-state index contributed by atoms with van der Waals surface area (Å²) in [7, 11) is 0. The maximum Gasteiger partial charge on any atom is 0.162 e. The summed E-state index contributed by atoms with van der Waals surface area (Å²) in [5.74, 6) is -0.697. The number of nitriles is 2. The Kier molecular flexibility index (Phi) is 2.40. The van der Waals surface area contributed by atoms with Crippen molar-refractivity contribution in [3.63, 3.8) is 0 Å². The van der Waals surface area contributed by atoms with E-state index in [0.29, 0.717) is 0 Å². The van der Waals surface area contributed by atoms with Crippen LogP contribution in [0.4, 0.5) is 0 Å². The molecule has 1 atom stereocenters. The van der Waals surface area contributed by atoms with Crippen molar-refractivity contribution in [3.05, 3.63) is 11.6 Å². The summed E-state index contributed by atoms with van der Waals surface area (Å²) < 4.78 is 5.57. The average molecular weight is 176 g/mol. The van der Waals surface area contributed by atoms with Crippen molar-refractivity contribution in [2.45, 2.75) is 32.5 Å². The molecule has 0 N–H and O–H groups in total. The smallest absolute Gasteiger partial charge is 0.162 e. The Morgan fingerprint density at radius 1 is 1.46 bits per heavy atom. The fourth-order valence-electron chi connectivity index (χ4n) is 1.25. The SMILES string of the molecule is CC1=C[C@H](C(C#N)C#N)OC1(C)C. The van der Waals surface area contributed by atoms with Crippen LogP contribution < -0.4 is 0 Å². The first kappa shape index (κ1) is 9.77. The highest BCUT2D eigenvalue weighted by Gasteiger charge is 2.35. The topological polar surface area (TPSA) is 56.8 Å². The minimum atomic E-state index is -0.697. The monoisotopic (exact) mass is 176 g/mol. The van der Waals surface area contributed by atoms with Crippen LogP contribution in [0.2, 0.25) is 0 Å². The zero-order valence-corrected chi connectivity index (χ0v) is 8.03. The highest BCUT2D eigenvalue weighted by atomic mass is 16.5. The molecule has 0 amide bonds. The highest BCUT2D eigenvalue weighted by molar-refractivity contribution is 5.24. The summed E-state index contributed by atoms with van der Waals surface area (Å²) >= 11 is 0. The lowest BCUT2D eigenvalue weighted by Crippen LogP contribution is -2.26. The average Bonchev–Trinajstić information content (AvgIpc) is 2.29. The summed E-state index contributed by atoms with van der Waals surface area (Å²) in [5, 5.41) is 17.3. The Balaban J connectivity index is 2.83. The van der Waals surface area contributed by atoms with Gasteiger partial charge in [0.1, 0.15) is 6.10 Å². The van der Waals surface area contributed by atoms with Crippen LogP contribution in [0.25, 0.3) is 0 Å². The Hall–Kier alpha value is -1.32. The highest BCUT2D eigenvalue weighted by Crippen LogP contribution is 2.32. The molecule has 0 aromatic heterocycles. The van der Waals surface area contributed by atoms with Gasteiger partial charge >= 0.3 is 0 Å². The fraction of sp³-hybridized carbons (Fsp3) is 0.600. The molecule has 13 heavy (non-hydrogen) atoms. The van der Waals surface area contributed by atoms with Gasteiger partial charge < -0.3 is 4.74 Å². The number of ether oxygens (including phenoxy) is 1. The third kappa shape index (κ3) is 1.71. The fourth-order valence-corrected chi connectivity index (χ4v) is 1.25. The Bertz CT molecular complexity index is 303. The van der Waals surface area contributed by atoms with Crippen LogP contribution in [0.1, 0.15) is 20.8 Å². The minimum absolute atomic E-state index is 0.337. The molecule has 0 fully saturated rings. The van der Waals surface area contributed by atoms with Gasteiger partial charge in [-0.25, -0.2) is 0 Å². The van der Waals surface area contributed by atoms with E-state index in [-0.39, 0.29) is 11.7 Å². The molecule has 3 nitrogen and oxygen atoms in total. The largest absolute Gasteiger partial charge is 0.361 e. The molecule has 0 aromatic rings. The van der Waals surface area contributed by atoms with Crippen molar-refractivity contribution in [2.75, 3.05) is 0 Å². The molecule has 1 aliphatic heterocycles. The standard InChI is InChI=1S/C10H12N2O/c1-7-4-9(8(5-11)6-12)13-10(7,2)3/h4,8-9H,1-3H3/t9-/m1/s1. The van der Waals surface area contributed by atoms with Gasteiger partial charge in [0.2, 0.25) is 0 Å². The van der Waals surface area contributed by atoms with Gasteiger partial charge in [-0.15, -0.1) is 0 Å². The Morgan fingerprint density at radius 2 is 2.00 bits per heavy atom. The number of hydrogen-bond acceptors (Lipinski definition) is 3. The van der Waals surface area contributed by atoms with Gasteiger partial charge in [0.25, 0.3) is 0 Å². The van der Waals surface area contributed by atoms with E-state index in [4.69, 9.17) is 15.3 Å². The molecule has 0 saturated carbocycles. The van der Waals surface area contributed by atoms with Crippen molar-refractivity contribution in [1.29, 1.82) is 10.5 Å². The summed E-state index contributed by atoms with van der Waals surface area (Å²) in [6.45, 7) is 5.82. The molecule has 0 bridgehead atoms. The molecule has 0 spiro atoms. The van der Waals surface area contributed by atoms with Gasteiger partial charge in [-0.3, -0.25) is 0 Å². The summed E-state index contributed by atoms with van der Waals surface area (Å²) in [5.41, 5.74) is 0.740. The lowest BCUT2D eigenvalue weighted by atomic mass is 10.0. The second-order valence-corrected chi connectivity index (χ2v) is 3.68. The molecule has 0 saturated heterocycles. The molecule has 0 radical (unpaired) electrons. The second kappa shape index (κ2) is 3.20. The van der Waals surface area contributed by atoms with Crippen molar-refractivity contribution < 1.29 is 4.74 Å². The number of nitrogens with zero attached hydrogens (tertiary/aromatic N) is 2. The van der Waals surface area contributed by atoms with Crippen LogP contribution in [0.5, 0.6) is 0 Å². The molecule has 0 unspecified atom stereocenters. The number of hydrogen-bond donors (Lipinski definition) is 0. The first-order chi connectivity index (χ1) is 6.01. The molecule has 3 heteroatoms. The van der Waals surface area contributed by atoms with E-state index in [9.17, 15) is 0 Å². The Labute approximate surface area is 78.2 Å². The predicted octanol–water partition coefficient (Wildman–Crippen LogP) is 1.77. The van der Waals surface area contributed by atoms with Crippen LogP contribution in [0.3, 0.4) is 0 Å². The zero-order chi connectivity index (χ0) is 10.1. The lowest BCUT2D eigenvalue weighted by Gasteiger charge is -2.22. The summed E-state index contributed by atoms with van der Waals surface area (Å²) in [4.78, 5) is 0. The van der Waals surface area contributed by atoms with Gasteiger partial charge in [0.15, 0.2) is 5.92 Å². The first-order valence-electron chi connectivity index (χ1n) is 4.17. The van der Waals surface area contributed by atoms with E-state index in [2.05, 4.69) is 0 Å². The third-order valence-corrected chi connectivity index (χ3v) is 2.40. The maximum atomic E-state index is 8.66. The molecular formula is C10H12N2O. The van der Waals surface area contributed by atoms with E-state index in [1.807, 2.05) is 39.0 Å². The van der Waals surface area contributed by atoms with Crippen molar-refractivity contribution in [1.82, 2.24) is 0 Å². The van der Waals surface area contributed by atoms with E-state index < -0.39 is 5.92 Å². The molecule has 1 heterocycles. The van der Waals surface area contributed by atoms with E-state index in [1.54, 1.807) is 0 Å². The third-order valence-electron chi connectivity index (χ3n) is 2.40. The van der Waals surface area contributed by atoms with Crippen LogP contribution >= 0.6 is 0 Å². The lowest BCUT2D eigenvalue weighted by molar-refractivity contribution is -0.0118. The number of rotatable bonds is 1. The predicted molar refractivity (Wildman–Crippen MR) is 47.4 cm³/mol. The van der Waals surface area contributed by atoms with Crippen molar-refractivity contribution in [3.8, 4) is 12.1 Å². The van der Waals surface area contributed by atoms with Crippen LogP contribution in [0.15, 0.2) is 11.6 Å². The van der Waals surface area contributed by atoms with Gasteiger partial charge in [0, 0.05) is 0 Å². The zero-order valence-electron chi connectivity index (χ0n) is 8.03. The van der Waals surface area contributed by atoms with E-state index >= 15 is 0 Å². The van der Waals surface area contributed by atoms with Gasteiger partial charge in [-0.05, 0) is 26.3 Å². The van der Waals surface area contributed by atoms with Crippen molar-refractivity contribution in [2.24, 2.45) is 5.92 Å². The summed E-state index contributed by atoms with van der Waals surface area (Å²) in [6, 6.07) is 3.84. The van der Waals surface area contributed by atoms with E-state index in [0.717, 1.165) is 5.57 Å². The van der Waals surface area contributed by atoms with E-state index in [1.165, 1.54) is 0 Å².